The van der Waals surface area contributed by atoms with Gasteiger partial charge in [-0.25, -0.2) is 4.98 Å². The molecule has 0 radical (unpaired) electrons. The fourth-order valence-corrected chi connectivity index (χ4v) is 3.22. The Kier molecular flexibility index (Phi) is 4.55. The molecule has 0 aliphatic heterocycles. The summed E-state index contributed by atoms with van der Waals surface area (Å²) in [4.78, 5) is 27.6. The Hall–Kier alpha value is -2.36. The van der Waals surface area contributed by atoms with E-state index in [1.165, 1.54) is 12.1 Å². The highest BCUT2D eigenvalue weighted by atomic mass is 32.1. The first-order valence-corrected chi connectivity index (χ1v) is 8.27. The highest BCUT2D eigenvalue weighted by molar-refractivity contribution is 7.22. The van der Waals surface area contributed by atoms with Gasteiger partial charge in [0.05, 0.1) is 16.8 Å². The molecule has 0 saturated heterocycles. The first-order valence-electron chi connectivity index (χ1n) is 7.45. The Morgan fingerprint density at radius 1 is 1.40 bits per heavy atom. The van der Waals surface area contributed by atoms with E-state index in [9.17, 15) is 22.8 Å². The predicted molar refractivity (Wildman–Crippen MR) is 85.2 cm³/mol. The van der Waals surface area contributed by atoms with Crippen LogP contribution >= 0.6 is 11.3 Å². The number of ether oxygens (including phenoxy) is 1. The highest BCUT2D eigenvalue weighted by Gasteiger charge is 2.39. The van der Waals surface area contributed by atoms with Gasteiger partial charge in [-0.1, -0.05) is 18.3 Å². The van der Waals surface area contributed by atoms with Gasteiger partial charge < -0.3 is 15.4 Å². The molecule has 2 N–H and O–H groups in total. The summed E-state index contributed by atoms with van der Waals surface area (Å²) in [5.74, 6) is -0.636. The topological polar surface area (TPSA) is 80.3 Å². The lowest BCUT2D eigenvalue weighted by Gasteiger charge is -2.07. The standard InChI is InChI=1S/C15H14F3N3O3S/c1-7-4-9(7)13(23)19-6-12(22)21-14-20-10-3-2-8(5-11(10)25-14)24-15(16,17)18/h2-3,5,7,9H,4,6H2,1H3,(H,19,23)(H,20,21,22). The number of halogens is 3. The number of anilines is 1. The summed E-state index contributed by atoms with van der Waals surface area (Å²) in [5, 5.41) is 5.29. The van der Waals surface area contributed by atoms with E-state index < -0.39 is 12.3 Å². The fourth-order valence-electron chi connectivity index (χ4n) is 2.30. The maximum atomic E-state index is 12.2. The molecule has 10 heteroatoms. The van der Waals surface area contributed by atoms with Crippen LogP contribution in [-0.2, 0) is 9.59 Å². The van der Waals surface area contributed by atoms with Crippen LogP contribution in [0.2, 0.25) is 0 Å². The van der Waals surface area contributed by atoms with Gasteiger partial charge in [0.2, 0.25) is 11.8 Å². The quantitative estimate of drug-likeness (QED) is 0.845. The number of thiazole rings is 1. The Bertz CT molecular complexity index is 821. The van der Waals surface area contributed by atoms with Crippen LogP contribution < -0.4 is 15.4 Å². The number of nitrogens with one attached hydrogen (secondary N) is 2. The molecule has 25 heavy (non-hydrogen) atoms. The molecule has 3 rings (SSSR count). The number of rotatable bonds is 5. The lowest BCUT2D eigenvalue weighted by Crippen LogP contribution is -2.34. The van der Waals surface area contributed by atoms with E-state index in [-0.39, 0.29) is 29.3 Å². The number of fused-ring (bicyclic) bond motifs is 1. The minimum Gasteiger partial charge on any atom is -0.406 e. The molecule has 0 spiro atoms. The van der Waals surface area contributed by atoms with Gasteiger partial charge in [0.1, 0.15) is 5.75 Å². The lowest BCUT2D eigenvalue weighted by atomic mass is 10.3. The first-order chi connectivity index (χ1) is 11.7. The third-order valence-electron chi connectivity index (χ3n) is 3.71. The largest absolute Gasteiger partial charge is 0.573 e. The van der Waals surface area contributed by atoms with Crippen LogP contribution in [0.5, 0.6) is 5.75 Å². The molecule has 1 fully saturated rings. The monoisotopic (exact) mass is 373 g/mol. The summed E-state index contributed by atoms with van der Waals surface area (Å²) in [5.41, 5.74) is 0.436. The van der Waals surface area contributed by atoms with Gasteiger partial charge in [0.25, 0.3) is 0 Å². The molecule has 2 atom stereocenters. The van der Waals surface area contributed by atoms with Gasteiger partial charge in [-0.2, -0.15) is 0 Å². The molecule has 2 amide bonds. The summed E-state index contributed by atoms with van der Waals surface area (Å²) in [6, 6.07) is 3.73. The molecular weight excluding hydrogens is 359 g/mol. The van der Waals surface area contributed by atoms with Crippen molar-refractivity contribution in [2.45, 2.75) is 19.7 Å². The van der Waals surface area contributed by atoms with E-state index in [0.717, 1.165) is 23.8 Å². The van der Waals surface area contributed by atoms with E-state index in [1.807, 2.05) is 6.92 Å². The van der Waals surface area contributed by atoms with Crippen LogP contribution in [0.4, 0.5) is 18.3 Å². The summed E-state index contributed by atoms with van der Waals surface area (Å²) < 4.78 is 41.0. The van der Waals surface area contributed by atoms with Crippen LogP contribution in [0.3, 0.4) is 0 Å². The zero-order valence-electron chi connectivity index (χ0n) is 13.0. The summed E-state index contributed by atoms with van der Waals surface area (Å²) in [6.45, 7) is 1.78. The number of benzene rings is 1. The Labute approximate surface area is 144 Å². The highest BCUT2D eigenvalue weighted by Crippen LogP contribution is 2.37. The number of alkyl halides is 3. The van der Waals surface area contributed by atoms with Crippen molar-refractivity contribution in [2.24, 2.45) is 11.8 Å². The second-order valence-corrected chi connectivity index (χ2v) is 6.81. The van der Waals surface area contributed by atoms with Crippen molar-refractivity contribution in [3.63, 3.8) is 0 Å². The molecule has 2 unspecified atom stereocenters. The number of hydrogen-bond donors (Lipinski definition) is 2. The van der Waals surface area contributed by atoms with Crippen LogP contribution in [0, 0.1) is 11.8 Å². The Balaban J connectivity index is 1.59. The molecule has 1 aliphatic carbocycles. The van der Waals surface area contributed by atoms with Crippen LogP contribution in [0.25, 0.3) is 10.2 Å². The summed E-state index contributed by atoms with van der Waals surface area (Å²) >= 11 is 1.02. The van der Waals surface area contributed by atoms with E-state index in [0.29, 0.717) is 16.1 Å². The zero-order valence-corrected chi connectivity index (χ0v) is 13.8. The van der Waals surface area contributed by atoms with Crippen molar-refractivity contribution >= 4 is 38.5 Å². The molecule has 134 valence electrons. The minimum absolute atomic E-state index is 0.0256. The molecule has 1 aromatic heterocycles. The maximum Gasteiger partial charge on any atom is 0.573 e. The Morgan fingerprint density at radius 2 is 2.12 bits per heavy atom. The minimum atomic E-state index is -4.77. The van der Waals surface area contributed by atoms with E-state index in [1.54, 1.807) is 0 Å². The van der Waals surface area contributed by atoms with Crippen molar-refractivity contribution in [1.29, 1.82) is 0 Å². The lowest BCUT2D eigenvalue weighted by molar-refractivity contribution is -0.274. The zero-order chi connectivity index (χ0) is 18.2. The number of nitrogens with zero attached hydrogens (tertiary/aromatic N) is 1. The number of carbonyl (C=O) groups excluding carboxylic acids is 2. The number of aromatic nitrogens is 1. The smallest absolute Gasteiger partial charge is 0.406 e. The predicted octanol–water partition coefficient (Wildman–Crippen LogP) is 2.91. The van der Waals surface area contributed by atoms with Gasteiger partial charge >= 0.3 is 6.36 Å². The molecule has 1 aromatic carbocycles. The molecule has 1 aliphatic rings. The number of carbonyl (C=O) groups is 2. The average molecular weight is 373 g/mol. The fraction of sp³-hybridized carbons (Fsp3) is 0.400. The number of hydrogen-bond acceptors (Lipinski definition) is 5. The molecule has 1 heterocycles. The van der Waals surface area contributed by atoms with Crippen LogP contribution in [-0.4, -0.2) is 29.7 Å². The van der Waals surface area contributed by atoms with Crippen molar-refractivity contribution in [2.75, 3.05) is 11.9 Å². The van der Waals surface area contributed by atoms with E-state index in [2.05, 4.69) is 20.4 Å². The van der Waals surface area contributed by atoms with Gasteiger partial charge in [-0.15, -0.1) is 13.2 Å². The third kappa shape index (κ3) is 4.59. The molecular formula is C15H14F3N3O3S. The molecule has 1 saturated carbocycles. The average Bonchev–Trinajstić information content (AvgIpc) is 3.09. The molecule has 6 nitrogen and oxygen atoms in total. The first kappa shape index (κ1) is 17.5. The second-order valence-electron chi connectivity index (χ2n) is 5.78. The number of amides is 2. The van der Waals surface area contributed by atoms with Crippen molar-refractivity contribution in [1.82, 2.24) is 10.3 Å². The SMILES string of the molecule is CC1CC1C(=O)NCC(=O)Nc1nc2ccc(OC(F)(F)F)cc2s1. The van der Waals surface area contributed by atoms with Crippen LogP contribution in [0.15, 0.2) is 18.2 Å². The Morgan fingerprint density at radius 3 is 2.76 bits per heavy atom. The van der Waals surface area contributed by atoms with Gasteiger partial charge in [-0.3, -0.25) is 9.59 Å². The van der Waals surface area contributed by atoms with Crippen molar-refractivity contribution in [3.8, 4) is 5.75 Å². The van der Waals surface area contributed by atoms with E-state index >= 15 is 0 Å². The van der Waals surface area contributed by atoms with Crippen molar-refractivity contribution in [3.05, 3.63) is 18.2 Å². The summed E-state index contributed by atoms with van der Waals surface area (Å²) in [6.07, 6.45) is -3.94. The molecule has 0 bridgehead atoms. The van der Waals surface area contributed by atoms with Crippen LogP contribution in [0.1, 0.15) is 13.3 Å². The van der Waals surface area contributed by atoms with Crippen molar-refractivity contribution < 1.29 is 27.5 Å². The van der Waals surface area contributed by atoms with Gasteiger partial charge in [-0.05, 0) is 24.5 Å². The van der Waals surface area contributed by atoms with E-state index in [4.69, 9.17) is 0 Å². The normalized spacial score (nSPS) is 19.5. The van der Waals surface area contributed by atoms with Gasteiger partial charge in [0, 0.05) is 12.0 Å². The maximum absolute atomic E-state index is 12.2. The van der Waals surface area contributed by atoms with Gasteiger partial charge in [0.15, 0.2) is 5.13 Å². The summed E-state index contributed by atoms with van der Waals surface area (Å²) in [7, 11) is 0. The second kappa shape index (κ2) is 6.51. The molecule has 2 aromatic rings. The third-order valence-corrected chi connectivity index (χ3v) is 4.64.